The van der Waals surface area contributed by atoms with Crippen LogP contribution in [0.4, 0.5) is 11.4 Å². The minimum absolute atomic E-state index is 0.151. The van der Waals surface area contributed by atoms with Crippen LogP contribution in [0.25, 0.3) is 0 Å². The maximum atomic E-state index is 12.7. The van der Waals surface area contributed by atoms with E-state index in [2.05, 4.69) is 15.5 Å². The average Bonchev–Trinajstić information content (AvgIpc) is 3.39. The van der Waals surface area contributed by atoms with E-state index in [1.165, 1.54) is 6.26 Å². The van der Waals surface area contributed by atoms with Gasteiger partial charge in [-0.15, -0.1) is 0 Å². The molecule has 1 aromatic heterocycles. The maximum Gasteiger partial charge on any atom is 0.291 e. The van der Waals surface area contributed by atoms with Crippen molar-refractivity contribution in [1.82, 2.24) is 5.32 Å². The van der Waals surface area contributed by atoms with E-state index in [-0.39, 0.29) is 17.6 Å². The van der Waals surface area contributed by atoms with Gasteiger partial charge in [-0.1, -0.05) is 0 Å². The lowest BCUT2D eigenvalue weighted by molar-refractivity contribution is 0.0947. The molecule has 0 unspecified atom stereocenters. The van der Waals surface area contributed by atoms with Crippen LogP contribution >= 0.6 is 0 Å². The van der Waals surface area contributed by atoms with Crippen molar-refractivity contribution in [2.45, 2.75) is 19.3 Å². The zero-order chi connectivity index (χ0) is 19.1. The normalized spacial score (nSPS) is 13.6. The second-order valence-electron chi connectivity index (χ2n) is 6.46. The summed E-state index contributed by atoms with van der Waals surface area (Å²) >= 11 is 0. The number of rotatable bonds is 8. The summed E-state index contributed by atoms with van der Waals surface area (Å²) in [7, 11) is 1.64. The zero-order valence-corrected chi connectivity index (χ0v) is 15.5. The highest BCUT2D eigenvalue weighted by molar-refractivity contribution is 6.05. The van der Waals surface area contributed by atoms with Crippen molar-refractivity contribution < 1.29 is 18.7 Å². The number of ether oxygens (including phenoxy) is 1. The van der Waals surface area contributed by atoms with Crippen molar-refractivity contribution in [2.24, 2.45) is 0 Å². The Hall–Kier alpha value is -2.80. The fraction of sp³-hybridized carbons (Fsp3) is 0.400. The van der Waals surface area contributed by atoms with Gasteiger partial charge < -0.3 is 24.7 Å². The lowest BCUT2D eigenvalue weighted by Gasteiger charge is -2.22. The lowest BCUT2D eigenvalue weighted by Crippen LogP contribution is -2.29. The van der Waals surface area contributed by atoms with Crippen molar-refractivity contribution in [1.29, 1.82) is 0 Å². The Kier molecular flexibility index (Phi) is 6.49. The molecular formula is C20H25N3O4. The molecule has 7 heteroatoms. The predicted molar refractivity (Wildman–Crippen MR) is 103 cm³/mol. The Morgan fingerprint density at radius 3 is 2.70 bits per heavy atom. The summed E-state index contributed by atoms with van der Waals surface area (Å²) in [5, 5.41) is 5.71. The van der Waals surface area contributed by atoms with E-state index in [9.17, 15) is 9.59 Å². The van der Waals surface area contributed by atoms with Crippen LogP contribution in [0.3, 0.4) is 0 Å². The first-order valence-electron chi connectivity index (χ1n) is 9.20. The van der Waals surface area contributed by atoms with Crippen LogP contribution in [0.1, 0.15) is 40.2 Å². The number of furan rings is 1. The monoisotopic (exact) mass is 371 g/mol. The molecule has 144 valence electrons. The molecule has 0 bridgehead atoms. The van der Waals surface area contributed by atoms with Gasteiger partial charge in [-0.05, 0) is 49.6 Å². The number of hydrogen-bond donors (Lipinski definition) is 2. The molecule has 0 saturated carbocycles. The summed E-state index contributed by atoms with van der Waals surface area (Å²) in [5.74, 6) is -0.272. The predicted octanol–water partition coefficient (Wildman–Crippen LogP) is 2.90. The van der Waals surface area contributed by atoms with Gasteiger partial charge >= 0.3 is 0 Å². The summed E-state index contributed by atoms with van der Waals surface area (Å²) in [4.78, 5) is 27.2. The standard InChI is InChI=1S/C20H25N3O4/c1-26-12-5-9-21-19(24)16-14-15(22-20(25)18-6-4-13-27-18)7-8-17(16)23-10-2-3-11-23/h4,6-8,13-14H,2-3,5,9-12H2,1H3,(H,21,24)(H,22,25). The van der Waals surface area contributed by atoms with Gasteiger partial charge in [-0.3, -0.25) is 9.59 Å². The Balaban J connectivity index is 1.78. The van der Waals surface area contributed by atoms with Gasteiger partial charge in [0, 0.05) is 44.7 Å². The van der Waals surface area contributed by atoms with Crippen LogP contribution in [0.15, 0.2) is 41.0 Å². The first kappa shape index (κ1) is 19.0. The summed E-state index contributed by atoms with van der Waals surface area (Å²) in [6.45, 7) is 3.00. The smallest absolute Gasteiger partial charge is 0.291 e. The number of benzene rings is 1. The number of nitrogens with zero attached hydrogens (tertiary/aromatic N) is 1. The molecule has 0 aliphatic carbocycles. The zero-order valence-electron chi connectivity index (χ0n) is 15.5. The topological polar surface area (TPSA) is 83.8 Å². The SMILES string of the molecule is COCCCNC(=O)c1cc(NC(=O)c2ccco2)ccc1N1CCCC1. The van der Waals surface area contributed by atoms with E-state index in [1.807, 2.05) is 12.1 Å². The van der Waals surface area contributed by atoms with E-state index in [0.717, 1.165) is 38.0 Å². The molecule has 2 N–H and O–H groups in total. The van der Waals surface area contributed by atoms with Crippen molar-refractivity contribution in [2.75, 3.05) is 43.6 Å². The van der Waals surface area contributed by atoms with Crippen LogP contribution in [0.2, 0.25) is 0 Å². The van der Waals surface area contributed by atoms with Crippen LogP contribution in [0.5, 0.6) is 0 Å². The van der Waals surface area contributed by atoms with Crippen molar-refractivity contribution in [3.05, 3.63) is 47.9 Å². The third kappa shape index (κ3) is 4.89. The van der Waals surface area contributed by atoms with Gasteiger partial charge in [0.25, 0.3) is 11.8 Å². The van der Waals surface area contributed by atoms with E-state index in [1.54, 1.807) is 25.3 Å². The molecule has 0 spiro atoms. The van der Waals surface area contributed by atoms with Gasteiger partial charge in [-0.25, -0.2) is 0 Å². The van der Waals surface area contributed by atoms with Gasteiger partial charge in [0.05, 0.1) is 11.8 Å². The molecule has 1 fully saturated rings. The summed E-state index contributed by atoms with van der Waals surface area (Å²) in [5.41, 5.74) is 2.01. The number of nitrogens with one attached hydrogen (secondary N) is 2. The van der Waals surface area contributed by atoms with E-state index in [0.29, 0.717) is 24.4 Å². The first-order valence-corrected chi connectivity index (χ1v) is 9.20. The molecule has 1 aliphatic heterocycles. The van der Waals surface area contributed by atoms with E-state index >= 15 is 0 Å². The van der Waals surface area contributed by atoms with Crippen LogP contribution in [-0.4, -0.2) is 45.2 Å². The van der Waals surface area contributed by atoms with Crippen molar-refractivity contribution in [3.8, 4) is 0 Å². The molecule has 1 aromatic carbocycles. The van der Waals surface area contributed by atoms with E-state index in [4.69, 9.17) is 9.15 Å². The average molecular weight is 371 g/mol. The van der Waals surface area contributed by atoms with Gasteiger partial charge in [0.15, 0.2) is 5.76 Å². The largest absolute Gasteiger partial charge is 0.459 e. The van der Waals surface area contributed by atoms with Crippen molar-refractivity contribution >= 4 is 23.2 Å². The van der Waals surface area contributed by atoms with Crippen LogP contribution < -0.4 is 15.5 Å². The number of amides is 2. The molecular weight excluding hydrogens is 346 g/mol. The molecule has 1 aliphatic rings. The molecule has 0 atom stereocenters. The fourth-order valence-corrected chi connectivity index (χ4v) is 3.14. The second kappa shape index (κ2) is 9.23. The molecule has 27 heavy (non-hydrogen) atoms. The van der Waals surface area contributed by atoms with Crippen LogP contribution in [0, 0.1) is 0 Å². The molecule has 2 aromatic rings. The highest BCUT2D eigenvalue weighted by Gasteiger charge is 2.20. The summed E-state index contributed by atoms with van der Waals surface area (Å²) in [6, 6.07) is 8.69. The number of hydrogen-bond acceptors (Lipinski definition) is 5. The number of carbonyl (C=O) groups is 2. The summed E-state index contributed by atoms with van der Waals surface area (Å²) < 4.78 is 10.1. The Morgan fingerprint density at radius 2 is 2.00 bits per heavy atom. The number of carbonyl (C=O) groups excluding carboxylic acids is 2. The van der Waals surface area contributed by atoms with Gasteiger partial charge in [0.1, 0.15) is 0 Å². The quantitative estimate of drug-likeness (QED) is 0.697. The molecule has 3 rings (SSSR count). The van der Waals surface area contributed by atoms with Crippen LogP contribution in [-0.2, 0) is 4.74 Å². The first-order chi connectivity index (χ1) is 13.2. The highest BCUT2D eigenvalue weighted by atomic mass is 16.5. The number of methoxy groups -OCH3 is 1. The van der Waals surface area contributed by atoms with Crippen molar-refractivity contribution in [3.63, 3.8) is 0 Å². The molecule has 1 saturated heterocycles. The maximum absolute atomic E-state index is 12.7. The fourth-order valence-electron chi connectivity index (χ4n) is 3.14. The molecule has 7 nitrogen and oxygen atoms in total. The molecule has 2 heterocycles. The minimum Gasteiger partial charge on any atom is -0.459 e. The summed E-state index contributed by atoms with van der Waals surface area (Å²) in [6.07, 6.45) is 4.43. The van der Waals surface area contributed by atoms with Gasteiger partial charge in [-0.2, -0.15) is 0 Å². The van der Waals surface area contributed by atoms with Gasteiger partial charge in [0.2, 0.25) is 0 Å². The third-order valence-electron chi connectivity index (χ3n) is 4.50. The van der Waals surface area contributed by atoms with E-state index < -0.39 is 0 Å². The minimum atomic E-state index is -0.347. The molecule has 0 radical (unpaired) electrons. The Morgan fingerprint density at radius 1 is 1.19 bits per heavy atom. The Bertz CT molecular complexity index is 768. The third-order valence-corrected chi connectivity index (χ3v) is 4.50. The number of anilines is 2. The molecule has 2 amide bonds. The lowest BCUT2D eigenvalue weighted by atomic mass is 10.1. The second-order valence-corrected chi connectivity index (χ2v) is 6.46. The Labute approximate surface area is 158 Å². The highest BCUT2D eigenvalue weighted by Crippen LogP contribution is 2.28.